The summed E-state index contributed by atoms with van der Waals surface area (Å²) in [4.78, 5) is 62.4. The van der Waals surface area contributed by atoms with Gasteiger partial charge >= 0.3 is 6.09 Å². The second-order valence-corrected chi connectivity index (χ2v) is 19.3. The first-order chi connectivity index (χ1) is 27.5. The van der Waals surface area contributed by atoms with Crippen LogP contribution in [0.4, 0.5) is 22.4 Å². The van der Waals surface area contributed by atoms with Gasteiger partial charge in [0.25, 0.3) is 11.8 Å². The van der Waals surface area contributed by atoms with Crippen molar-refractivity contribution in [1.29, 1.82) is 0 Å². The number of hydrogen-bond acceptors (Lipinski definition) is 9. The van der Waals surface area contributed by atoms with Crippen LogP contribution in [0.15, 0.2) is 36.5 Å². The number of rotatable bonds is 10. The van der Waals surface area contributed by atoms with Gasteiger partial charge in [0.05, 0.1) is 19.0 Å². The number of methoxy groups -OCH3 is 1. The van der Waals surface area contributed by atoms with Crippen molar-refractivity contribution in [2.24, 2.45) is 17.8 Å². The van der Waals surface area contributed by atoms with Crippen molar-refractivity contribution >= 4 is 44.6 Å². The Balaban J connectivity index is 1.43. The SMILES string of the molecule is COc1cc(F)cc2c(O[C@@H]3C[C@H]4C(=O)N[C@]5(C(=O)NS(=O)(=O)C6(CF)CC6)C[C@H]5/C=C\CC[C@H](C)C[C@@H](C)[C@H](N(C(=O)O)C(C)(C)C(C)(F)F)C(=O)N4C3)nccc12. The predicted molar refractivity (Wildman–Crippen MR) is 206 cm³/mol. The van der Waals surface area contributed by atoms with Gasteiger partial charge in [-0.1, -0.05) is 26.0 Å². The number of sulfonamides is 1. The van der Waals surface area contributed by atoms with Crippen LogP contribution in [0.1, 0.15) is 79.6 Å². The summed E-state index contributed by atoms with van der Waals surface area (Å²) >= 11 is 0. The fourth-order valence-corrected chi connectivity index (χ4v) is 9.85. The zero-order valence-electron chi connectivity index (χ0n) is 33.8. The highest BCUT2D eigenvalue weighted by Gasteiger charge is 2.64. The number of nitrogens with one attached hydrogen (secondary N) is 2. The molecule has 1 aromatic carbocycles. The van der Waals surface area contributed by atoms with Crippen molar-refractivity contribution in [3.63, 3.8) is 0 Å². The van der Waals surface area contributed by atoms with Crippen molar-refractivity contribution in [2.45, 2.75) is 119 Å². The van der Waals surface area contributed by atoms with Crippen molar-refractivity contribution in [1.82, 2.24) is 24.8 Å². The number of carboxylic acid groups (broad SMARTS) is 1. The molecule has 59 heavy (non-hydrogen) atoms. The van der Waals surface area contributed by atoms with E-state index >= 15 is 13.6 Å². The molecule has 2 aromatic rings. The van der Waals surface area contributed by atoms with E-state index in [2.05, 4.69) is 10.3 Å². The molecule has 0 bridgehead atoms. The number of allylic oxidation sites excluding steroid dienone is 1. The summed E-state index contributed by atoms with van der Waals surface area (Å²) in [6.45, 7) is 4.44. The van der Waals surface area contributed by atoms with Gasteiger partial charge < -0.3 is 24.8 Å². The number of aromatic nitrogens is 1. The number of ether oxygens (including phenoxy) is 2. The molecular formula is C40H51F4N5O9S. The molecule has 2 saturated carbocycles. The zero-order valence-corrected chi connectivity index (χ0v) is 34.6. The quantitative estimate of drug-likeness (QED) is 0.208. The van der Waals surface area contributed by atoms with Crippen LogP contribution >= 0.6 is 0 Å². The minimum absolute atomic E-state index is 0.00617. The third kappa shape index (κ3) is 8.14. The number of pyridine rings is 1. The molecule has 3 heterocycles. The van der Waals surface area contributed by atoms with Gasteiger partial charge in [0.15, 0.2) is 0 Å². The van der Waals surface area contributed by atoms with Crippen molar-refractivity contribution in [3.05, 3.63) is 42.4 Å². The molecule has 3 fully saturated rings. The van der Waals surface area contributed by atoms with Gasteiger partial charge in [-0.2, -0.15) is 0 Å². The summed E-state index contributed by atoms with van der Waals surface area (Å²) < 4.78 is 97.5. The highest BCUT2D eigenvalue weighted by molar-refractivity contribution is 7.91. The normalized spacial score (nSPS) is 29.2. The standard InChI is InChI=1S/C40H51F4N5O9S/c1-22-9-7-8-10-24-19-40(24,35(52)47-59(55,56)39(21-41)12-13-39)46-32(50)29-18-26(58-33-28-16-25(42)17-30(57-6)27(28)11-14-45-33)20-48(29)34(51)31(23(2)15-22)49(36(53)54)37(3,4)38(5,43)44/h8,10-11,14,16-17,22-24,26,29,31H,7,9,12-13,15,18-21H2,1-6H3,(H,46,50)(H,47,52)(H,53,54)/b10-8-/t22-,23+,24+,26+,29-,31-,40+/m0/s1. The van der Waals surface area contributed by atoms with Gasteiger partial charge in [0, 0.05) is 36.9 Å². The Hall–Kier alpha value is -4.68. The lowest BCUT2D eigenvalue weighted by Gasteiger charge is -2.47. The Kier molecular flexibility index (Phi) is 11.7. The number of fused-ring (bicyclic) bond motifs is 3. The van der Waals surface area contributed by atoms with Gasteiger partial charge in [0.2, 0.25) is 27.7 Å². The van der Waals surface area contributed by atoms with Crippen LogP contribution in [-0.4, -0.2) is 112 Å². The number of hydrogen-bond donors (Lipinski definition) is 3. The van der Waals surface area contributed by atoms with Gasteiger partial charge in [-0.25, -0.2) is 35.8 Å². The number of benzene rings is 1. The minimum atomic E-state index is -4.50. The number of amides is 4. The first-order valence-corrected chi connectivity index (χ1v) is 21.1. The smallest absolute Gasteiger partial charge is 0.408 e. The van der Waals surface area contributed by atoms with Crippen LogP contribution in [0, 0.1) is 23.6 Å². The predicted octanol–water partition coefficient (Wildman–Crippen LogP) is 5.35. The molecule has 19 heteroatoms. The minimum Gasteiger partial charge on any atom is -0.496 e. The highest BCUT2D eigenvalue weighted by atomic mass is 32.2. The van der Waals surface area contributed by atoms with E-state index in [1.165, 1.54) is 19.4 Å². The maximum atomic E-state index is 15.3. The van der Waals surface area contributed by atoms with E-state index in [-0.39, 0.29) is 55.0 Å². The molecule has 4 amide bonds. The van der Waals surface area contributed by atoms with E-state index < -0.39 is 105 Å². The van der Waals surface area contributed by atoms with Crippen molar-refractivity contribution < 1.29 is 59.7 Å². The Labute approximate surface area is 340 Å². The average Bonchev–Trinajstić information content (AvgIpc) is 4.05. The molecule has 0 unspecified atom stereocenters. The number of carbonyl (C=O) groups excluding carboxylic acids is 3. The monoisotopic (exact) mass is 853 g/mol. The van der Waals surface area contributed by atoms with E-state index in [1.54, 1.807) is 25.1 Å². The van der Waals surface area contributed by atoms with E-state index in [0.29, 0.717) is 30.1 Å². The summed E-state index contributed by atoms with van der Waals surface area (Å²) in [5.74, 6) is -8.95. The summed E-state index contributed by atoms with van der Waals surface area (Å²) in [6, 6.07) is 0.636. The Morgan fingerprint density at radius 2 is 1.83 bits per heavy atom. The second kappa shape index (κ2) is 15.7. The molecule has 0 spiro atoms. The zero-order chi connectivity index (χ0) is 43.5. The van der Waals surface area contributed by atoms with Crippen LogP contribution < -0.4 is 19.5 Å². The molecule has 1 aromatic heterocycles. The summed E-state index contributed by atoms with van der Waals surface area (Å²) in [5, 5.41) is 13.9. The highest BCUT2D eigenvalue weighted by Crippen LogP contribution is 2.48. The molecule has 2 aliphatic carbocycles. The van der Waals surface area contributed by atoms with Crippen LogP contribution in [0.5, 0.6) is 11.6 Å². The van der Waals surface area contributed by atoms with Crippen LogP contribution in [0.25, 0.3) is 10.8 Å². The Morgan fingerprint density at radius 3 is 2.44 bits per heavy atom. The first kappa shape index (κ1) is 43.9. The number of halogens is 4. The van der Waals surface area contributed by atoms with Crippen molar-refractivity contribution in [3.8, 4) is 11.6 Å². The molecular weight excluding hydrogens is 803 g/mol. The molecule has 6 rings (SSSR count). The van der Waals surface area contributed by atoms with E-state index in [1.807, 2.05) is 11.6 Å². The number of carbonyl (C=O) groups is 4. The van der Waals surface area contributed by atoms with Gasteiger partial charge in [-0.05, 0) is 76.3 Å². The maximum Gasteiger partial charge on any atom is 0.408 e. The van der Waals surface area contributed by atoms with Crippen molar-refractivity contribution in [2.75, 3.05) is 20.3 Å². The molecule has 324 valence electrons. The average molecular weight is 854 g/mol. The fourth-order valence-electron chi connectivity index (χ4n) is 8.42. The van der Waals surface area contributed by atoms with E-state index in [4.69, 9.17) is 9.47 Å². The van der Waals surface area contributed by atoms with E-state index in [9.17, 15) is 36.7 Å². The molecule has 1 saturated heterocycles. The molecule has 14 nitrogen and oxygen atoms in total. The molecule has 3 N–H and O–H groups in total. The largest absolute Gasteiger partial charge is 0.496 e. The molecule has 0 radical (unpaired) electrons. The van der Waals surface area contributed by atoms with E-state index in [0.717, 1.165) is 24.8 Å². The third-order valence-electron chi connectivity index (χ3n) is 12.7. The molecule has 4 aliphatic rings. The second-order valence-electron chi connectivity index (χ2n) is 17.2. The number of nitrogens with zero attached hydrogens (tertiary/aromatic N) is 3. The first-order valence-electron chi connectivity index (χ1n) is 19.6. The lowest BCUT2D eigenvalue weighted by atomic mass is 9.84. The van der Waals surface area contributed by atoms with Gasteiger partial charge in [-0.3, -0.25) is 24.0 Å². The molecule has 2 aliphatic heterocycles. The van der Waals surface area contributed by atoms with Gasteiger partial charge in [0.1, 0.15) is 52.3 Å². The Morgan fingerprint density at radius 1 is 1.14 bits per heavy atom. The molecule has 7 atom stereocenters. The fraction of sp³-hybridized carbons (Fsp3) is 0.625. The lowest BCUT2D eigenvalue weighted by molar-refractivity contribution is -0.156. The lowest BCUT2D eigenvalue weighted by Crippen LogP contribution is -2.66. The van der Waals surface area contributed by atoms with Crippen LogP contribution in [0.2, 0.25) is 0 Å². The number of alkyl halides is 3. The summed E-state index contributed by atoms with van der Waals surface area (Å²) in [5.41, 5.74) is -4.26. The van der Waals surface area contributed by atoms with Crippen LogP contribution in [0.3, 0.4) is 0 Å². The third-order valence-corrected chi connectivity index (χ3v) is 14.8. The summed E-state index contributed by atoms with van der Waals surface area (Å²) in [7, 11) is -3.15. The van der Waals surface area contributed by atoms with Crippen LogP contribution in [-0.2, 0) is 24.4 Å². The topological polar surface area (TPSA) is 185 Å². The van der Waals surface area contributed by atoms with Gasteiger partial charge in [-0.15, -0.1) is 0 Å². The summed E-state index contributed by atoms with van der Waals surface area (Å²) in [6.07, 6.45) is 2.85. The Bertz CT molecular complexity index is 2150. The maximum absolute atomic E-state index is 15.3.